The molecule has 1 aromatic carbocycles. The highest BCUT2D eigenvalue weighted by atomic mass is 32.1. The van der Waals surface area contributed by atoms with Crippen molar-refractivity contribution >= 4 is 43.2 Å². The summed E-state index contributed by atoms with van der Waals surface area (Å²) in [6.07, 6.45) is 0. The van der Waals surface area contributed by atoms with Crippen molar-refractivity contribution in [2.45, 2.75) is 20.4 Å². The molecule has 2 aromatic heterocycles. The molecule has 3 aromatic rings. The van der Waals surface area contributed by atoms with E-state index in [0.717, 1.165) is 44.8 Å². The van der Waals surface area contributed by atoms with Gasteiger partial charge in [0.15, 0.2) is 16.6 Å². The number of nitrogens with zero attached hydrogens (tertiary/aromatic N) is 2. The first-order valence-electron chi connectivity index (χ1n) is 8.50. The third-order valence-corrected chi connectivity index (χ3v) is 6.45. The average Bonchev–Trinajstić information content (AvgIpc) is 3.34. The van der Waals surface area contributed by atoms with Gasteiger partial charge in [-0.15, -0.1) is 11.3 Å². The number of thiazole rings is 1. The lowest BCUT2D eigenvalue weighted by molar-refractivity contribution is 0.0955. The van der Waals surface area contributed by atoms with Crippen LogP contribution in [0, 0.1) is 0 Å². The largest absolute Gasteiger partial charge is 0.454 e. The fourth-order valence-corrected chi connectivity index (χ4v) is 5.04. The second-order valence-electron chi connectivity index (χ2n) is 5.82. The smallest absolute Gasteiger partial charge is 0.261 e. The molecule has 0 saturated carbocycles. The Morgan fingerprint density at radius 2 is 2.00 bits per heavy atom. The third-order valence-electron chi connectivity index (χ3n) is 4.23. The third kappa shape index (κ3) is 3.22. The number of aromatic nitrogens is 1. The van der Waals surface area contributed by atoms with E-state index in [2.05, 4.69) is 29.0 Å². The van der Waals surface area contributed by atoms with Gasteiger partial charge >= 0.3 is 0 Å². The number of carbonyl (C=O) groups excluding carboxylic acids is 1. The van der Waals surface area contributed by atoms with E-state index < -0.39 is 0 Å². The Kier molecular flexibility index (Phi) is 4.69. The molecule has 8 heteroatoms. The predicted octanol–water partition coefficient (Wildman–Crippen LogP) is 3.86. The van der Waals surface area contributed by atoms with Crippen LogP contribution in [0.1, 0.15) is 29.1 Å². The van der Waals surface area contributed by atoms with Crippen LogP contribution in [0.25, 0.3) is 9.53 Å². The van der Waals surface area contributed by atoms with Crippen LogP contribution in [0.3, 0.4) is 0 Å². The van der Waals surface area contributed by atoms with Gasteiger partial charge in [0.1, 0.15) is 4.83 Å². The van der Waals surface area contributed by atoms with Crippen LogP contribution in [0.15, 0.2) is 24.3 Å². The number of fused-ring (bicyclic) bond motifs is 2. The molecule has 0 unspecified atom stereocenters. The number of anilines is 1. The molecule has 0 bridgehead atoms. The Morgan fingerprint density at radius 1 is 1.19 bits per heavy atom. The van der Waals surface area contributed by atoms with Crippen LogP contribution < -0.4 is 19.7 Å². The summed E-state index contributed by atoms with van der Waals surface area (Å²) in [4.78, 5) is 21.0. The van der Waals surface area contributed by atoms with Crippen molar-refractivity contribution < 1.29 is 14.3 Å². The summed E-state index contributed by atoms with van der Waals surface area (Å²) >= 11 is 3.07. The lowest BCUT2D eigenvalue weighted by Gasteiger charge is -2.16. The van der Waals surface area contributed by atoms with Gasteiger partial charge in [-0.3, -0.25) is 4.79 Å². The zero-order chi connectivity index (χ0) is 18.1. The Hall–Kier alpha value is -2.32. The summed E-state index contributed by atoms with van der Waals surface area (Å²) in [6.45, 7) is 6.79. The van der Waals surface area contributed by atoms with Gasteiger partial charge in [-0.1, -0.05) is 17.4 Å². The molecule has 1 aliphatic rings. The molecule has 3 heterocycles. The van der Waals surface area contributed by atoms with E-state index in [0.29, 0.717) is 11.4 Å². The lowest BCUT2D eigenvalue weighted by Crippen LogP contribution is -2.22. The van der Waals surface area contributed by atoms with E-state index in [1.165, 1.54) is 11.3 Å². The topological polar surface area (TPSA) is 63.7 Å². The van der Waals surface area contributed by atoms with Crippen molar-refractivity contribution in [3.63, 3.8) is 0 Å². The number of thiophene rings is 1. The highest BCUT2D eigenvalue weighted by Crippen LogP contribution is 2.35. The van der Waals surface area contributed by atoms with Gasteiger partial charge in [-0.25, -0.2) is 4.98 Å². The number of hydrogen-bond donors (Lipinski definition) is 1. The van der Waals surface area contributed by atoms with E-state index in [9.17, 15) is 4.79 Å². The van der Waals surface area contributed by atoms with E-state index in [1.54, 1.807) is 11.3 Å². The van der Waals surface area contributed by atoms with Crippen molar-refractivity contribution in [1.29, 1.82) is 0 Å². The highest BCUT2D eigenvalue weighted by Gasteiger charge is 2.17. The first-order valence-corrected chi connectivity index (χ1v) is 10.1. The number of rotatable bonds is 6. The van der Waals surface area contributed by atoms with Crippen molar-refractivity contribution in [3.8, 4) is 11.5 Å². The number of amides is 1. The quantitative estimate of drug-likeness (QED) is 0.693. The van der Waals surface area contributed by atoms with Gasteiger partial charge in [-0.05, 0) is 37.6 Å². The summed E-state index contributed by atoms with van der Waals surface area (Å²) in [5, 5.41) is 3.98. The summed E-state index contributed by atoms with van der Waals surface area (Å²) in [7, 11) is 0. The van der Waals surface area contributed by atoms with E-state index in [1.807, 2.05) is 24.3 Å². The fraction of sp³-hybridized carbons (Fsp3) is 0.333. The van der Waals surface area contributed by atoms with Crippen molar-refractivity contribution in [2.24, 2.45) is 0 Å². The minimum absolute atomic E-state index is 0.0812. The molecule has 136 valence electrons. The Morgan fingerprint density at radius 3 is 2.77 bits per heavy atom. The van der Waals surface area contributed by atoms with Crippen LogP contribution in [-0.2, 0) is 6.54 Å². The number of benzene rings is 1. The molecule has 4 rings (SSSR count). The molecular weight excluding hydrogens is 370 g/mol. The summed E-state index contributed by atoms with van der Waals surface area (Å²) in [5.74, 6) is 1.39. The highest BCUT2D eigenvalue weighted by molar-refractivity contribution is 7.29. The number of hydrogen-bond acceptors (Lipinski definition) is 7. The maximum Gasteiger partial charge on any atom is 0.261 e. The minimum atomic E-state index is -0.0812. The van der Waals surface area contributed by atoms with Gasteiger partial charge in [0.2, 0.25) is 6.79 Å². The fourth-order valence-electron chi connectivity index (χ4n) is 2.79. The van der Waals surface area contributed by atoms with Gasteiger partial charge in [-0.2, -0.15) is 0 Å². The van der Waals surface area contributed by atoms with Crippen molar-refractivity contribution in [3.05, 3.63) is 34.7 Å². The van der Waals surface area contributed by atoms with Gasteiger partial charge in [0.25, 0.3) is 5.91 Å². The molecule has 0 fully saturated rings. The maximum absolute atomic E-state index is 12.5. The van der Waals surface area contributed by atoms with E-state index >= 15 is 0 Å². The lowest BCUT2D eigenvalue weighted by atomic mass is 10.2. The zero-order valence-corrected chi connectivity index (χ0v) is 16.2. The van der Waals surface area contributed by atoms with Crippen LogP contribution >= 0.6 is 22.7 Å². The second-order valence-corrected chi connectivity index (χ2v) is 7.86. The number of carbonyl (C=O) groups is 1. The van der Waals surface area contributed by atoms with Crippen molar-refractivity contribution in [2.75, 3.05) is 24.8 Å². The van der Waals surface area contributed by atoms with Crippen LogP contribution in [0.2, 0.25) is 0 Å². The Labute approximate surface area is 159 Å². The molecular formula is C18H19N3O3S2. The molecule has 0 saturated heterocycles. The van der Waals surface area contributed by atoms with Gasteiger partial charge in [0, 0.05) is 19.6 Å². The first kappa shape index (κ1) is 17.1. The molecule has 6 nitrogen and oxygen atoms in total. The number of nitrogens with one attached hydrogen (secondary N) is 1. The van der Waals surface area contributed by atoms with Gasteiger partial charge < -0.3 is 19.7 Å². The summed E-state index contributed by atoms with van der Waals surface area (Å²) in [5.41, 5.74) is 0.975. The maximum atomic E-state index is 12.5. The molecule has 0 aliphatic carbocycles. The SMILES string of the molecule is CCN(CC)c1nc2sc(C(=O)NCc3ccc4c(c3)OCO4)cc2s1. The standard InChI is InChI=1S/C18H19N3O3S2/c1-3-21(4-2)18-20-17-15(26-18)8-14(25-17)16(22)19-9-11-5-6-12-13(7-11)24-10-23-12/h5-8H,3-4,9-10H2,1-2H3,(H,19,22). The first-order chi connectivity index (χ1) is 12.7. The van der Waals surface area contributed by atoms with E-state index in [-0.39, 0.29) is 12.7 Å². The van der Waals surface area contributed by atoms with Crippen LogP contribution in [-0.4, -0.2) is 30.8 Å². The van der Waals surface area contributed by atoms with Crippen LogP contribution in [0.5, 0.6) is 11.5 Å². The molecule has 0 spiro atoms. The summed E-state index contributed by atoms with van der Waals surface area (Å²) < 4.78 is 11.7. The second kappa shape index (κ2) is 7.13. The average molecular weight is 390 g/mol. The van der Waals surface area contributed by atoms with Crippen LogP contribution in [0.4, 0.5) is 5.13 Å². The Balaban J connectivity index is 1.43. The minimum Gasteiger partial charge on any atom is -0.454 e. The molecule has 1 aliphatic heterocycles. The van der Waals surface area contributed by atoms with E-state index in [4.69, 9.17) is 9.47 Å². The molecule has 0 radical (unpaired) electrons. The molecule has 1 N–H and O–H groups in total. The predicted molar refractivity (Wildman–Crippen MR) is 105 cm³/mol. The normalized spacial score (nSPS) is 12.5. The molecule has 0 atom stereocenters. The zero-order valence-electron chi connectivity index (χ0n) is 14.6. The van der Waals surface area contributed by atoms with Gasteiger partial charge in [0.05, 0.1) is 9.58 Å². The molecule has 26 heavy (non-hydrogen) atoms. The van der Waals surface area contributed by atoms with Crippen molar-refractivity contribution in [1.82, 2.24) is 10.3 Å². The molecule has 1 amide bonds. The monoisotopic (exact) mass is 389 g/mol. The summed E-state index contributed by atoms with van der Waals surface area (Å²) in [6, 6.07) is 7.62. The Bertz CT molecular complexity index is 915. The number of ether oxygens (including phenoxy) is 2.